The molecule has 1 aliphatic rings. The summed E-state index contributed by atoms with van der Waals surface area (Å²) in [5.41, 5.74) is 3.16. The lowest BCUT2D eigenvalue weighted by atomic mass is 9.97. The van der Waals surface area contributed by atoms with E-state index in [4.69, 9.17) is 4.42 Å². The Morgan fingerprint density at radius 2 is 2.06 bits per heavy atom. The van der Waals surface area contributed by atoms with Crippen LogP contribution in [0, 0.1) is 6.92 Å². The summed E-state index contributed by atoms with van der Waals surface area (Å²) < 4.78 is 5.87. The van der Waals surface area contributed by atoms with Crippen molar-refractivity contribution in [2.24, 2.45) is 0 Å². The smallest absolute Gasteiger partial charge is 0.198 e. The fraction of sp³-hybridized carbons (Fsp3) is 0.500. The van der Waals surface area contributed by atoms with Crippen LogP contribution < -0.4 is 0 Å². The monoisotopic (exact) mass is 230 g/mol. The van der Waals surface area contributed by atoms with E-state index in [9.17, 15) is 0 Å². The maximum absolute atomic E-state index is 5.87. The van der Waals surface area contributed by atoms with Gasteiger partial charge in [0.15, 0.2) is 11.5 Å². The third-order valence-corrected chi connectivity index (χ3v) is 3.63. The number of hydrogen-bond donors (Lipinski definition) is 0. The highest BCUT2D eigenvalue weighted by Gasteiger charge is 2.22. The first-order chi connectivity index (χ1) is 8.22. The Kier molecular flexibility index (Phi) is 2.63. The predicted molar refractivity (Wildman–Crippen MR) is 68.2 cm³/mol. The summed E-state index contributed by atoms with van der Waals surface area (Å²) in [7, 11) is 2.17. The van der Waals surface area contributed by atoms with Crippen LogP contribution in [0.3, 0.4) is 0 Å². The SMILES string of the molecule is Cc1ccc2oc(C3CCN(C)CC3)nc2c1. The lowest BCUT2D eigenvalue weighted by Crippen LogP contribution is -2.29. The van der Waals surface area contributed by atoms with Crippen LogP contribution in [0.1, 0.15) is 30.2 Å². The third kappa shape index (κ3) is 2.07. The fourth-order valence-corrected chi connectivity index (χ4v) is 2.49. The largest absolute Gasteiger partial charge is 0.440 e. The summed E-state index contributed by atoms with van der Waals surface area (Å²) in [5.74, 6) is 1.43. The summed E-state index contributed by atoms with van der Waals surface area (Å²) in [6, 6.07) is 6.19. The maximum atomic E-state index is 5.87. The second kappa shape index (κ2) is 4.15. The summed E-state index contributed by atoms with van der Waals surface area (Å²) in [6.45, 7) is 4.37. The number of nitrogens with zero attached hydrogens (tertiary/aromatic N) is 2. The van der Waals surface area contributed by atoms with Gasteiger partial charge in [0.2, 0.25) is 0 Å². The number of oxazole rings is 1. The van der Waals surface area contributed by atoms with Gasteiger partial charge in [-0.1, -0.05) is 6.07 Å². The lowest BCUT2D eigenvalue weighted by molar-refractivity contribution is 0.239. The molecule has 1 saturated heterocycles. The Balaban J connectivity index is 1.90. The Morgan fingerprint density at radius 1 is 1.29 bits per heavy atom. The lowest BCUT2D eigenvalue weighted by Gasteiger charge is -2.26. The van der Waals surface area contributed by atoms with Gasteiger partial charge in [0.1, 0.15) is 5.52 Å². The van der Waals surface area contributed by atoms with Gasteiger partial charge in [-0.15, -0.1) is 0 Å². The van der Waals surface area contributed by atoms with Gasteiger partial charge < -0.3 is 9.32 Å². The molecular formula is C14H18N2O. The van der Waals surface area contributed by atoms with Crippen LogP contribution in [0.5, 0.6) is 0 Å². The van der Waals surface area contributed by atoms with Gasteiger partial charge >= 0.3 is 0 Å². The summed E-state index contributed by atoms with van der Waals surface area (Å²) >= 11 is 0. The average molecular weight is 230 g/mol. The van der Waals surface area contributed by atoms with Crippen LogP contribution in [-0.2, 0) is 0 Å². The van der Waals surface area contributed by atoms with Crippen molar-refractivity contribution in [2.45, 2.75) is 25.7 Å². The van der Waals surface area contributed by atoms with Gasteiger partial charge in [0.05, 0.1) is 0 Å². The summed E-state index contributed by atoms with van der Waals surface area (Å²) in [4.78, 5) is 7.00. The van der Waals surface area contributed by atoms with Crippen LogP contribution in [0.25, 0.3) is 11.1 Å². The van der Waals surface area contributed by atoms with E-state index in [0.717, 1.165) is 42.9 Å². The van der Waals surface area contributed by atoms with Crippen molar-refractivity contribution in [3.05, 3.63) is 29.7 Å². The van der Waals surface area contributed by atoms with Gasteiger partial charge in [-0.25, -0.2) is 4.98 Å². The number of piperidine rings is 1. The molecule has 0 unspecified atom stereocenters. The highest BCUT2D eigenvalue weighted by Crippen LogP contribution is 2.29. The van der Waals surface area contributed by atoms with Crippen molar-refractivity contribution in [2.75, 3.05) is 20.1 Å². The second-order valence-electron chi connectivity index (χ2n) is 5.10. The Bertz CT molecular complexity index is 524. The standard InChI is InChI=1S/C14H18N2O/c1-10-3-4-13-12(9-10)15-14(17-13)11-5-7-16(2)8-6-11/h3-4,9,11H,5-8H2,1-2H3. The van der Waals surface area contributed by atoms with Gasteiger partial charge in [-0.2, -0.15) is 0 Å². The molecule has 3 nitrogen and oxygen atoms in total. The predicted octanol–water partition coefficient (Wildman–Crippen LogP) is 2.95. The minimum absolute atomic E-state index is 0.499. The number of aromatic nitrogens is 1. The van der Waals surface area contributed by atoms with Gasteiger partial charge in [0.25, 0.3) is 0 Å². The molecule has 2 heterocycles. The fourth-order valence-electron chi connectivity index (χ4n) is 2.49. The number of aryl methyl sites for hydroxylation is 1. The first-order valence-electron chi connectivity index (χ1n) is 6.28. The first kappa shape index (κ1) is 10.8. The van der Waals surface area contributed by atoms with E-state index in [0.29, 0.717) is 5.92 Å². The zero-order valence-electron chi connectivity index (χ0n) is 10.4. The van der Waals surface area contributed by atoms with Gasteiger partial charge in [-0.3, -0.25) is 0 Å². The van der Waals surface area contributed by atoms with E-state index in [1.165, 1.54) is 5.56 Å². The molecular weight excluding hydrogens is 212 g/mol. The molecule has 0 N–H and O–H groups in total. The topological polar surface area (TPSA) is 29.3 Å². The Labute approximate surface area is 101 Å². The van der Waals surface area contributed by atoms with Crippen molar-refractivity contribution >= 4 is 11.1 Å². The van der Waals surface area contributed by atoms with Crippen LogP contribution >= 0.6 is 0 Å². The molecule has 2 aromatic rings. The minimum atomic E-state index is 0.499. The molecule has 1 aromatic heterocycles. The molecule has 1 fully saturated rings. The molecule has 3 heteroatoms. The number of fused-ring (bicyclic) bond motifs is 1. The molecule has 0 spiro atoms. The molecule has 0 radical (unpaired) electrons. The normalized spacial score (nSPS) is 18.9. The molecule has 1 aliphatic heterocycles. The highest BCUT2D eigenvalue weighted by atomic mass is 16.3. The molecule has 1 aromatic carbocycles. The molecule has 0 amide bonds. The van der Waals surface area contributed by atoms with Crippen LogP contribution in [0.4, 0.5) is 0 Å². The highest BCUT2D eigenvalue weighted by molar-refractivity contribution is 5.73. The number of rotatable bonds is 1. The summed E-state index contributed by atoms with van der Waals surface area (Å²) in [6.07, 6.45) is 2.31. The molecule has 0 bridgehead atoms. The Hall–Kier alpha value is -1.35. The first-order valence-corrected chi connectivity index (χ1v) is 6.28. The number of likely N-dealkylation sites (tertiary alicyclic amines) is 1. The van der Waals surface area contributed by atoms with Gasteiger partial charge in [-0.05, 0) is 57.6 Å². The Morgan fingerprint density at radius 3 is 2.82 bits per heavy atom. The van der Waals surface area contributed by atoms with Crippen molar-refractivity contribution in [3.8, 4) is 0 Å². The van der Waals surface area contributed by atoms with Crippen molar-refractivity contribution in [3.63, 3.8) is 0 Å². The number of benzene rings is 1. The van der Waals surface area contributed by atoms with E-state index in [1.54, 1.807) is 0 Å². The number of hydrogen-bond acceptors (Lipinski definition) is 3. The molecule has 0 saturated carbocycles. The van der Waals surface area contributed by atoms with E-state index >= 15 is 0 Å². The molecule has 0 aliphatic carbocycles. The zero-order chi connectivity index (χ0) is 11.8. The van der Waals surface area contributed by atoms with Crippen molar-refractivity contribution in [1.82, 2.24) is 9.88 Å². The third-order valence-electron chi connectivity index (χ3n) is 3.63. The van der Waals surface area contributed by atoms with E-state index in [1.807, 2.05) is 6.07 Å². The van der Waals surface area contributed by atoms with Crippen molar-refractivity contribution in [1.29, 1.82) is 0 Å². The second-order valence-corrected chi connectivity index (χ2v) is 5.10. The van der Waals surface area contributed by atoms with Crippen LogP contribution in [-0.4, -0.2) is 30.0 Å². The quantitative estimate of drug-likeness (QED) is 0.754. The van der Waals surface area contributed by atoms with E-state index in [2.05, 4.69) is 36.0 Å². The minimum Gasteiger partial charge on any atom is -0.440 e. The summed E-state index contributed by atoms with van der Waals surface area (Å²) in [5, 5.41) is 0. The molecule has 3 rings (SSSR count). The van der Waals surface area contributed by atoms with Crippen molar-refractivity contribution < 1.29 is 4.42 Å². The van der Waals surface area contributed by atoms with E-state index < -0.39 is 0 Å². The van der Waals surface area contributed by atoms with Crippen LogP contribution in [0.2, 0.25) is 0 Å². The average Bonchev–Trinajstić information content (AvgIpc) is 2.72. The van der Waals surface area contributed by atoms with Gasteiger partial charge in [0, 0.05) is 5.92 Å². The molecule has 0 atom stereocenters. The molecule has 17 heavy (non-hydrogen) atoms. The zero-order valence-corrected chi connectivity index (χ0v) is 10.4. The maximum Gasteiger partial charge on any atom is 0.198 e. The van der Waals surface area contributed by atoms with E-state index in [-0.39, 0.29) is 0 Å². The van der Waals surface area contributed by atoms with Crippen LogP contribution in [0.15, 0.2) is 22.6 Å². The molecule has 90 valence electrons.